The Morgan fingerprint density at radius 1 is 0.259 bits per heavy atom. The summed E-state index contributed by atoms with van der Waals surface area (Å²) in [4.78, 5) is 38.5. The van der Waals surface area contributed by atoms with Crippen molar-refractivity contribution in [1.82, 2.24) is 0 Å². The van der Waals surface area contributed by atoms with Gasteiger partial charge in [-0.05, 0) is 77.0 Å². The number of rotatable bonds is 67. The standard InChI is InChI=1S/C75H138O6/c1-4-7-10-13-16-19-22-25-28-30-32-34-35-36-37-38-39-41-42-44-47-50-53-56-59-62-65-68-74(77)80-71-72(70-79-73(76)67-64-61-58-55-52-49-46-27-24-21-18-15-12-9-6-3)81-75(78)69-66-63-60-57-54-51-48-45-43-40-33-31-29-26-23-20-17-14-11-8-5-2/h9,12,18,21,27,30,32,46,72H,4-8,10-11,13-17,19-20,22-26,28-29,31,33-45,47-71H2,1-3H3/b12-9-,21-18-,32-30-,46-27-. The molecule has 0 aromatic rings. The minimum atomic E-state index is -0.779. The van der Waals surface area contributed by atoms with Crippen molar-refractivity contribution in [2.75, 3.05) is 13.2 Å². The Morgan fingerprint density at radius 3 is 0.765 bits per heavy atom. The summed E-state index contributed by atoms with van der Waals surface area (Å²) in [5.41, 5.74) is 0. The molecule has 0 aliphatic carbocycles. The fourth-order valence-electron chi connectivity index (χ4n) is 10.9. The van der Waals surface area contributed by atoms with E-state index in [2.05, 4.69) is 69.4 Å². The molecule has 6 heteroatoms. The van der Waals surface area contributed by atoms with E-state index in [4.69, 9.17) is 14.2 Å². The number of carbonyl (C=O) groups excluding carboxylic acids is 3. The highest BCUT2D eigenvalue weighted by Crippen LogP contribution is 2.19. The number of allylic oxidation sites excluding steroid dienone is 8. The van der Waals surface area contributed by atoms with Crippen molar-refractivity contribution in [2.45, 2.75) is 399 Å². The maximum Gasteiger partial charge on any atom is 0.306 e. The molecule has 0 aliphatic heterocycles. The highest BCUT2D eigenvalue weighted by atomic mass is 16.6. The van der Waals surface area contributed by atoms with Crippen molar-refractivity contribution >= 4 is 17.9 Å². The number of esters is 3. The van der Waals surface area contributed by atoms with E-state index in [1.54, 1.807) is 0 Å². The van der Waals surface area contributed by atoms with E-state index in [9.17, 15) is 14.4 Å². The van der Waals surface area contributed by atoms with Gasteiger partial charge in [0.15, 0.2) is 6.10 Å². The largest absolute Gasteiger partial charge is 0.462 e. The second-order valence-electron chi connectivity index (χ2n) is 24.5. The summed E-state index contributed by atoms with van der Waals surface area (Å²) in [6.45, 7) is 6.59. The number of unbranched alkanes of at least 4 members (excludes halogenated alkanes) is 48. The second-order valence-corrected chi connectivity index (χ2v) is 24.5. The zero-order valence-electron chi connectivity index (χ0n) is 54.6. The fourth-order valence-corrected chi connectivity index (χ4v) is 10.9. The van der Waals surface area contributed by atoms with Crippen molar-refractivity contribution < 1.29 is 28.6 Å². The Morgan fingerprint density at radius 2 is 0.481 bits per heavy atom. The molecule has 0 saturated heterocycles. The molecular formula is C75H138O6. The molecule has 0 fully saturated rings. The van der Waals surface area contributed by atoms with Crippen molar-refractivity contribution in [3.05, 3.63) is 48.6 Å². The highest BCUT2D eigenvalue weighted by molar-refractivity contribution is 5.71. The summed E-state index contributed by atoms with van der Waals surface area (Å²) in [5.74, 6) is -0.863. The van der Waals surface area contributed by atoms with E-state index in [1.165, 1.54) is 257 Å². The van der Waals surface area contributed by atoms with Gasteiger partial charge in [0, 0.05) is 19.3 Å². The number of ether oxygens (including phenoxy) is 3. The van der Waals surface area contributed by atoms with Gasteiger partial charge in [0.05, 0.1) is 0 Å². The van der Waals surface area contributed by atoms with E-state index >= 15 is 0 Å². The molecule has 0 aliphatic rings. The van der Waals surface area contributed by atoms with Crippen LogP contribution in [-0.2, 0) is 28.6 Å². The maximum absolute atomic E-state index is 13.0. The predicted molar refractivity (Wildman–Crippen MR) is 353 cm³/mol. The minimum Gasteiger partial charge on any atom is -0.462 e. The molecule has 0 aromatic carbocycles. The van der Waals surface area contributed by atoms with Gasteiger partial charge in [0.2, 0.25) is 0 Å². The lowest BCUT2D eigenvalue weighted by atomic mass is 10.0. The van der Waals surface area contributed by atoms with E-state index < -0.39 is 6.10 Å². The summed E-state index contributed by atoms with van der Waals surface area (Å²) in [5, 5.41) is 0. The Balaban J connectivity index is 4.25. The van der Waals surface area contributed by atoms with Crippen LogP contribution in [-0.4, -0.2) is 37.2 Å². The van der Waals surface area contributed by atoms with Gasteiger partial charge in [0.1, 0.15) is 13.2 Å². The third kappa shape index (κ3) is 68.0. The minimum absolute atomic E-state index is 0.0739. The average Bonchev–Trinajstić information content (AvgIpc) is 3.47. The van der Waals surface area contributed by atoms with E-state index in [-0.39, 0.29) is 31.1 Å². The van der Waals surface area contributed by atoms with Gasteiger partial charge in [-0.15, -0.1) is 0 Å². The van der Waals surface area contributed by atoms with Crippen molar-refractivity contribution in [3.63, 3.8) is 0 Å². The predicted octanol–water partition coefficient (Wildman–Crippen LogP) is 24.9. The van der Waals surface area contributed by atoms with Crippen molar-refractivity contribution in [1.29, 1.82) is 0 Å². The molecule has 0 N–H and O–H groups in total. The monoisotopic (exact) mass is 1140 g/mol. The molecule has 6 nitrogen and oxygen atoms in total. The lowest BCUT2D eigenvalue weighted by Crippen LogP contribution is -2.30. The van der Waals surface area contributed by atoms with Crippen LogP contribution in [0.3, 0.4) is 0 Å². The van der Waals surface area contributed by atoms with Gasteiger partial charge >= 0.3 is 17.9 Å². The molecule has 1 unspecified atom stereocenters. The quantitative estimate of drug-likeness (QED) is 0.0261. The third-order valence-electron chi connectivity index (χ3n) is 16.3. The Kier molecular flexibility index (Phi) is 67.6. The first-order chi connectivity index (χ1) is 40.0. The normalized spacial score (nSPS) is 12.3. The summed E-state index contributed by atoms with van der Waals surface area (Å²) in [6, 6.07) is 0. The van der Waals surface area contributed by atoms with Crippen LogP contribution in [0.15, 0.2) is 48.6 Å². The van der Waals surface area contributed by atoms with Crippen LogP contribution in [0, 0.1) is 0 Å². The average molecular weight is 1140 g/mol. The van der Waals surface area contributed by atoms with Gasteiger partial charge in [-0.25, -0.2) is 0 Å². The van der Waals surface area contributed by atoms with Gasteiger partial charge in [0.25, 0.3) is 0 Å². The Hall–Kier alpha value is -2.63. The van der Waals surface area contributed by atoms with Crippen LogP contribution in [0.2, 0.25) is 0 Å². The zero-order valence-corrected chi connectivity index (χ0v) is 54.6. The molecule has 0 aromatic heterocycles. The summed E-state index contributed by atoms with van der Waals surface area (Å²) >= 11 is 0. The topological polar surface area (TPSA) is 78.9 Å². The van der Waals surface area contributed by atoms with Gasteiger partial charge in [-0.3, -0.25) is 14.4 Å². The number of hydrogen-bond acceptors (Lipinski definition) is 6. The molecule has 474 valence electrons. The van der Waals surface area contributed by atoms with Crippen LogP contribution >= 0.6 is 0 Å². The Bertz CT molecular complexity index is 1400. The van der Waals surface area contributed by atoms with Crippen LogP contribution in [0.5, 0.6) is 0 Å². The van der Waals surface area contributed by atoms with E-state index in [1.807, 2.05) is 0 Å². The SMILES string of the molecule is CC/C=C\C/C=C\C/C=C\CCCCCCCC(=O)OCC(COC(=O)CCCCCCCCCCCCCCCCC/C=C\CCCCCCCCCC)OC(=O)CCCCCCCCCCCCCCCCCCCCCCC. The molecule has 0 radical (unpaired) electrons. The molecule has 1 atom stereocenters. The Labute approximate surface area is 505 Å². The summed E-state index contributed by atoms with van der Waals surface area (Å²) in [7, 11) is 0. The molecule has 0 saturated carbocycles. The van der Waals surface area contributed by atoms with Gasteiger partial charge in [-0.1, -0.05) is 345 Å². The molecule has 0 rings (SSSR count). The molecule has 0 bridgehead atoms. The van der Waals surface area contributed by atoms with Crippen LogP contribution in [0.25, 0.3) is 0 Å². The molecular weight excluding hydrogens is 997 g/mol. The lowest BCUT2D eigenvalue weighted by molar-refractivity contribution is -0.167. The van der Waals surface area contributed by atoms with Crippen LogP contribution < -0.4 is 0 Å². The van der Waals surface area contributed by atoms with Crippen LogP contribution in [0.4, 0.5) is 0 Å². The third-order valence-corrected chi connectivity index (χ3v) is 16.3. The molecule has 81 heavy (non-hydrogen) atoms. The van der Waals surface area contributed by atoms with Crippen molar-refractivity contribution in [2.24, 2.45) is 0 Å². The first kappa shape index (κ1) is 78.4. The van der Waals surface area contributed by atoms with E-state index in [0.717, 1.165) is 96.3 Å². The van der Waals surface area contributed by atoms with Gasteiger partial charge in [-0.2, -0.15) is 0 Å². The smallest absolute Gasteiger partial charge is 0.306 e. The van der Waals surface area contributed by atoms with Crippen molar-refractivity contribution in [3.8, 4) is 0 Å². The maximum atomic E-state index is 13.0. The number of hydrogen-bond donors (Lipinski definition) is 0. The first-order valence-electron chi connectivity index (χ1n) is 36.1. The zero-order chi connectivity index (χ0) is 58.5. The second kappa shape index (κ2) is 69.9. The summed E-state index contributed by atoms with van der Waals surface area (Å²) < 4.78 is 17.0. The lowest BCUT2D eigenvalue weighted by Gasteiger charge is -2.18. The first-order valence-corrected chi connectivity index (χ1v) is 36.1. The summed E-state index contributed by atoms with van der Waals surface area (Å²) in [6.07, 6.45) is 88.6. The molecule has 0 amide bonds. The van der Waals surface area contributed by atoms with Crippen LogP contribution in [0.1, 0.15) is 393 Å². The van der Waals surface area contributed by atoms with Gasteiger partial charge < -0.3 is 14.2 Å². The molecule has 0 heterocycles. The molecule has 0 spiro atoms. The highest BCUT2D eigenvalue weighted by Gasteiger charge is 2.19. The fraction of sp³-hybridized carbons (Fsp3) is 0.853. The van der Waals surface area contributed by atoms with E-state index in [0.29, 0.717) is 19.3 Å². The number of carbonyl (C=O) groups is 3.